The van der Waals surface area contributed by atoms with E-state index in [0.717, 1.165) is 44.2 Å². The van der Waals surface area contributed by atoms with Gasteiger partial charge in [-0.2, -0.15) is 4.98 Å². The molecule has 1 N–H and O–H groups in total. The highest BCUT2D eigenvalue weighted by atomic mass is 127. The van der Waals surface area contributed by atoms with Gasteiger partial charge in [-0.15, -0.1) is 0 Å². The molecule has 30 heavy (non-hydrogen) atoms. The minimum Gasteiger partial charge on any atom is -0.338 e. The molecule has 0 bridgehead atoms. The normalized spacial score (nSPS) is 17.1. The van der Waals surface area contributed by atoms with Gasteiger partial charge >= 0.3 is 0 Å². The number of aromatic nitrogens is 2. The van der Waals surface area contributed by atoms with Crippen molar-refractivity contribution < 1.29 is 9.32 Å². The van der Waals surface area contributed by atoms with Gasteiger partial charge < -0.3 is 9.84 Å². The highest BCUT2D eigenvalue weighted by Crippen LogP contribution is 2.24. The lowest BCUT2D eigenvalue weighted by Gasteiger charge is -2.31. The summed E-state index contributed by atoms with van der Waals surface area (Å²) in [6.45, 7) is 4.17. The summed E-state index contributed by atoms with van der Waals surface area (Å²) < 4.78 is 7.62. The first-order valence-electron chi connectivity index (χ1n) is 9.86. The lowest BCUT2D eigenvalue weighted by molar-refractivity contribution is -0.121. The van der Waals surface area contributed by atoms with Crippen LogP contribution in [0.5, 0.6) is 0 Å². The van der Waals surface area contributed by atoms with Crippen LogP contribution in [0.1, 0.15) is 24.3 Å². The van der Waals surface area contributed by atoms with Gasteiger partial charge in [-0.25, -0.2) is 0 Å². The molecule has 1 fully saturated rings. The van der Waals surface area contributed by atoms with Crippen molar-refractivity contribution in [2.75, 3.05) is 18.4 Å². The fraction of sp³-hybridized carbons (Fsp3) is 0.318. The summed E-state index contributed by atoms with van der Waals surface area (Å²) in [5.74, 6) is 1.18. The Morgan fingerprint density at radius 3 is 2.87 bits per heavy atom. The SMILES string of the molecule is Cc1cc(I)ccc1NC(=O)C1CCCN(Cc2nc(-c3ccc(Br)cc3)no2)C1. The molecule has 1 amide bonds. The molecule has 1 saturated heterocycles. The molecular weight excluding hydrogens is 559 g/mol. The van der Waals surface area contributed by atoms with Gasteiger partial charge in [0.1, 0.15) is 0 Å². The summed E-state index contributed by atoms with van der Waals surface area (Å²) in [6.07, 6.45) is 1.86. The van der Waals surface area contributed by atoms with Crippen LogP contribution in [-0.4, -0.2) is 34.0 Å². The summed E-state index contributed by atoms with van der Waals surface area (Å²) in [5, 5.41) is 7.20. The van der Waals surface area contributed by atoms with E-state index in [9.17, 15) is 4.79 Å². The smallest absolute Gasteiger partial charge is 0.241 e. The van der Waals surface area contributed by atoms with Crippen molar-refractivity contribution in [3.8, 4) is 11.4 Å². The van der Waals surface area contributed by atoms with Crippen LogP contribution in [0.25, 0.3) is 11.4 Å². The number of hydrogen-bond donors (Lipinski definition) is 1. The number of anilines is 1. The Morgan fingerprint density at radius 2 is 2.10 bits per heavy atom. The first-order valence-corrected chi connectivity index (χ1v) is 11.7. The first kappa shape index (κ1) is 21.5. The maximum absolute atomic E-state index is 12.8. The van der Waals surface area contributed by atoms with Crippen molar-refractivity contribution >= 4 is 50.1 Å². The van der Waals surface area contributed by atoms with E-state index in [1.807, 2.05) is 43.3 Å². The predicted molar refractivity (Wildman–Crippen MR) is 128 cm³/mol. The molecule has 1 aliphatic rings. The molecule has 3 aromatic rings. The molecule has 4 rings (SSSR count). The molecule has 0 aliphatic carbocycles. The van der Waals surface area contributed by atoms with Gasteiger partial charge in [0.25, 0.3) is 0 Å². The third-order valence-corrected chi connectivity index (χ3v) is 6.45. The van der Waals surface area contributed by atoms with Gasteiger partial charge in [0, 0.05) is 25.8 Å². The first-order chi connectivity index (χ1) is 14.5. The summed E-state index contributed by atoms with van der Waals surface area (Å²) >= 11 is 5.71. The lowest BCUT2D eigenvalue weighted by Crippen LogP contribution is -2.40. The molecule has 1 atom stereocenters. The van der Waals surface area contributed by atoms with Crippen molar-refractivity contribution in [2.24, 2.45) is 5.92 Å². The van der Waals surface area contributed by atoms with Crippen LogP contribution >= 0.6 is 38.5 Å². The average Bonchev–Trinajstić information content (AvgIpc) is 3.19. The summed E-state index contributed by atoms with van der Waals surface area (Å²) in [4.78, 5) is 19.6. The minimum atomic E-state index is -0.0497. The molecule has 0 saturated carbocycles. The van der Waals surface area contributed by atoms with Gasteiger partial charge in [-0.05, 0) is 96.9 Å². The van der Waals surface area contributed by atoms with Crippen molar-refractivity contribution in [1.82, 2.24) is 15.0 Å². The average molecular weight is 581 g/mol. The number of hydrogen-bond acceptors (Lipinski definition) is 5. The zero-order valence-electron chi connectivity index (χ0n) is 16.6. The number of nitrogens with zero attached hydrogens (tertiary/aromatic N) is 3. The van der Waals surface area contributed by atoms with Crippen LogP contribution < -0.4 is 5.32 Å². The van der Waals surface area contributed by atoms with Crippen molar-refractivity contribution in [1.29, 1.82) is 0 Å². The Labute approximate surface area is 197 Å². The molecule has 0 radical (unpaired) electrons. The van der Waals surface area contributed by atoms with E-state index in [4.69, 9.17) is 4.52 Å². The molecular formula is C22H22BrIN4O2. The molecule has 2 heterocycles. The topological polar surface area (TPSA) is 71.3 Å². The van der Waals surface area contributed by atoms with Crippen molar-refractivity contribution in [2.45, 2.75) is 26.3 Å². The number of aryl methyl sites for hydroxylation is 1. The van der Waals surface area contributed by atoms with Crippen LogP contribution in [0.3, 0.4) is 0 Å². The number of amides is 1. The molecule has 1 unspecified atom stereocenters. The number of carbonyl (C=O) groups excluding carboxylic acids is 1. The Morgan fingerprint density at radius 1 is 1.30 bits per heavy atom. The van der Waals surface area contributed by atoms with Crippen LogP contribution in [0.15, 0.2) is 51.5 Å². The second-order valence-corrected chi connectivity index (χ2v) is 9.70. The molecule has 8 heteroatoms. The molecule has 1 aliphatic heterocycles. The molecule has 0 spiro atoms. The fourth-order valence-corrected chi connectivity index (χ4v) is 4.55. The fourth-order valence-electron chi connectivity index (χ4n) is 3.64. The van der Waals surface area contributed by atoms with Gasteiger partial charge in [-0.3, -0.25) is 9.69 Å². The Hall–Kier alpha value is -1.78. The number of halogens is 2. The molecule has 6 nitrogen and oxygen atoms in total. The molecule has 1 aromatic heterocycles. The number of nitrogens with one attached hydrogen (secondary N) is 1. The Balaban J connectivity index is 1.37. The Kier molecular flexibility index (Phi) is 6.84. The van der Waals surface area contributed by atoms with E-state index in [-0.39, 0.29) is 11.8 Å². The monoisotopic (exact) mass is 580 g/mol. The third kappa shape index (κ3) is 5.28. The van der Waals surface area contributed by atoms with Gasteiger partial charge in [-0.1, -0.05) is 21.1 Å². The molecule has 2 aromatic carbocycles. The number of carbonyl (C=O) groups is 1. The zero-order chi connectivity index (χ0) is 21.1. The lowest BCUT2D eigenvalue weighted by atomic mass is 9.97. The maximum Gasteiger partial charge on any atom is 0.241 e. The van der Waals surface area contributed by atoms with Gasteiger partial charge in [0.15, 0.2) is 0 Å². The van der Waals surface area contributed by atoms with E-state index >= 15 is 0 Å². The summed E-state index contributed by atoms with van der Waals surface area (Å²) in [7, 11) is 0. The molecule has 156 valence electrons. The summed E-state index contributed by atoms with van der Waals surface area (Å²) in [5.41, 5.74) is 2.87. The van der Waals surface area contributed by atoms with Crippen LogP contribution in [0.2, 0.25) is 0 Å². The predicted octanol–water partition coefficient (Wildman–Crippen LogP) is 5.26. The van der Waals surface area contributed by atoms with Crippen LogP contribution in [0, 0.1) is 16.4 Å². The van der Waals surface area contributed by atoms with Gasteiger partial charge in [0.05, 0.1) is 12.5 Å². The van der Waals surface area contributed by atoms with Crippen molar-refractivity contribution in [3.63, 3.8) is 0 Å². The number of piperidine rings is 1. The quantitative estimate of drug-likeness (QED) is 0.417. The highest BCUT2D eigenvalue weighted by Gasteiger charge is 2.27. The zero-order valence-corrected chi connectivity index (χ0v) is 20.3. The Bertz CT molecular complexity index is 1040. The third-order valence-electron chi connectivity index (χ3n) is 5.25. The highest BCUT2D eigenvalue weighted by molar-refractivity contribution is 14.1. The number of benzene rings is 2. The van der Waals surface area contributed by atoms with Crippen LogP contribution in [0.4, 0.5) is 5.69 Å². The van der Waals surface area contributed by atoms with E-state index < -0.39 is 0 Å². The number of likely N-dealkylation sites (tertiary alicyclic amines) is 1. The van der Waals surface area contributed by atoms with E-state index in [0.29, 0.717) is 24.8 Å². The maximum atomic E-state index is 12.8. The minimum absolute atomic E-state index is 0.0497. The standard InChI is InChI=1S/C22H22BrIN4O2/c1-14-11-18(24)8-9-19(14)25-22(29)16-3-2-10-28(12-16)13-20-26-21(27-30-20)15-4-6-17(23)7-5-15/h4-9,11,16H,2-3,10,12-13H2,1H3,(H,25,29). The van der Waals surface area contributed by atoms with Gasteiger partial charge in [0.2, 0.25) is 17.6 Å². The van der Waals surface area contributed by atoms with Crippen LogP contribution in [-0.2, 0) is 11.3 Å². The van der Waals surface area contributed by atoms with Crippen molar-refractivity contribution in [3.05, 3.63) is 62.0 Å². The second-order valence-electron chi connectivity index (χ2n) is 7.54. The van der Waals surface area contributed by atoms with E-state index in [1.54, 1.807) is 0 Å². The second kappa shape index (κ2) is 9.57. The van der Waals surface area contributed by atoms with E-state index in [2.05, 4.69) is 64.9 Å². The largest absolute Gasteiger partial charge is 0.338 e. The number of rotatable bonds is 5. The van der Waals surface area contributed by atoms with E-state index in [1.165, 1.54) is 0 Å². The summed E-state index contributed by atoms with van der Waals surface area (Å²) in [6, 6.07) is 13.9.